The number of hydrogen-bond acceptors (Lipinski definition) is 6. The maximum atomic E-state index is 12.7. The monoisotopic (exact) mass is 331 g/mol. The van der Waals surface area contributed by atoms with Gasteiger partial charge in [0.1, 0.15) is 12.6 Å². The fourth-order valence-corrected chi connectivity index (χ4v) is 3.06. The molecule has 8 heteroatoms. The van der Waals surface area contributed by atoms with Gasteiger partial charge >= 0.3 is 5.69 Å². The molecule has 0 radical (unpaired) electrons. The average molecular weight is 331 g/mol. The molecule has 24 heavy (non-hydrogen) atoms. The zero-order chi connectivity index (χ0) is 17.3. The molecule has 1 unspecified atom stereocenters. The van der Waals surface area contributed by atoms with Crippen LogP contribution in [0.5, 0.6) is 0 Å². The van der Waals surface area contributed by atoms with Crippen molar-refractivity contribution >= 4 is 5.91 Å². The first kappa shape index (κ1) is 16.4. The Morgan fingerprint density at radius 3 is 2.83 bits per heavy atom. The van der Waals surface area contributed by atoms with E-state index in [2.05, 4.69) is 15.1 Å². The van der Waals surface area contributed by atoms with Crippen molar-refractivity contribution in [2.75, 3.05) is 6.54 Å². The molecule has 1 saturated heterocycles. The summed E-state index contributed by atoms with van der Waals surface area (Å²) in [6, 6.07) is 1.58. The van der Waals surface area contributed by atoms with Crippen molar-refractivity contribution in [2.45, 2.75) is 52.6 Å². The van der Waals surface area contributed by atoms with Crippen molar-refractivity contribution in [1.82, 2.24) is 24.6 Å². The van der Waals surface area contributed by atoms with Crippen LogP contribution in [0.1, 0.15) is 48.9 Å². The first-order valence-corrected chi connectivity index (χ1v) is 8.16. The molecule has 1 amide bonds. The maximum Gasteiger partial charge on any atom is 0.348 e. The highest BCUT2D eigenvalue weighted by molar-refractivity contribution is 5.76. The average Bonchev–Trinajstić information content (AvgIpc) is 3.18. The van der Waals surface area contributed by atoms with Crippen LogP contribution >= 0.6 is 0 Å². The third-order valence-corrected chi connectivity index (χ3v) is 4.30. The molecule has 2 aromatic rings. The molecule has 3 heterocycles. The fourth-order valence-electron chi connectivity index (χ4n) is 3.06. The summed E-state index contributed by atoms with van der Waals surface area (Å²) >= 11 is 0. The summed E-state index contributed by atoms with van der Waals surface area (Å²) in [5.74, 6) is 0.979. The second-order valence-electron chi connectivity index (χ2n) is 6.06. The van der Waals surface area contributed by atoms with Gasteiger partial charge in [-0.05, 0) is 32.8 Å². The lowest BCUT2D eigenvalue weighted by molar-refractivity contribution is -0.133. The van der Waals surface area contributed by atoms with Crippen LogP contribution in [0.4, 0.5) is 0 Å². The predicted octanol–water partition coefficient (Wildman–Crippen LogP) is 1.17. The molecule has 3 rings (SSSR count). The zero-order valence-electron chi connectivity index (χ0n) is 14.2. The van der Waals surface area contributed by atoms with Crippen LogP contribution in [0.3, 0.4) is 0 Å². The summed E-state index contributed by atoms with van der Waals surface area (Å²) in [6.45, 7) is 6.11. The molecule has 1 fully saturated rings. The van der Waals surface area contributed by atoms with Gasteiger partial charge in [0, 0.05) is 24.4 Å². The minimum Gasteiger partial charge on any atom is -0.337 e. The number of amides is 1. The van der Waals surface area contributed by atoms with Crippen molar-refractivity contribution in [3.63, 3.8) is 0 Å². The van der Waals surface area contributed by atoms with Gasteiger partial charge in [-0.15, -0.1) is 0 Å². The van der Waals surface area contributed by atoms with Crippen LogP contribution in [-0.2, 0) is 17.8 Å². The predicted molar refractivity (Wildman–Crippen MR) is 85.3 cm³/mol. The lowest BCUT2D eigenvalue weighted by Gasteiger charge is -2.22. The highest BCUT2D eigenvalue weighted by atomic mass is 16.5. The van der Waals surface area contributed by atoms with Crippen LogP contribution in [0.15, 0.2) is 15.4 Å². The van der Waals surface area contributed by atoms with E-state index in [0.717, 1.165) is 18.5 Å². The smallest absolute Gasteiger partial charge is 0.337 e. The van der Waals surface area contributed by atoms with Crippen molar-refractivity contribution in [2.24, 2.45) is 0 Å². The van der Waals surface area contributed by atoms with Crippen LogP contribution in [0.25, 0.3) is 0 Å². The fraction of sp³-hybridized carbons (Fsp3) is 0.562. The standard InChI is InChI=1S/C16H21N5O3/c1-4-13-18-15(24-19-13)12-6-5-7-20(12)14(22)9-21-11(3)8-10(2)17-16(21)23/h8,12H,4-7,9H2,1-3H3. The summed E-state index contributed by atoms with van der Waals surface area (Å²) in [6.07, 6.45) is 2.35. The van der Waals surface area contributed by atoms with Gasteiger partial charge in [0.25, 0.3) is 0 Å². The van der Waals surface area contributed by atoms with Gasteiger partial charge in [-0.2, -0.15) is 9.97 Å². The SMILES string of the molecule is CCc1noc(C2CCCN2C(=O)Cn2c(C)cc(C)nc2=O)n1. The maximum absolute atomic E-state index is 12.7. The third kappa shape index (κ3) is 3.08. The van der Waals surface area contributed by atoms with Gasteiger partial charge in [0.05, 0.1) is 0 Å². The van der Waals surface area contributed by atoms with Crippen molar-refractivity contribution in [3.8, 4) is 0 Å². The Kier molecular flexibility index (Phi) is 4.46. The second-order valence-corrected chi connectivity index (χ2v) is 6.06. The summed E-state index contributed by atoms with van der Waals surface area (Å²) < 4.78 is 6.70. The Morgan fingerprint density at radius 1 is 1.38 bits per heavy atom. The summed E-state index contributed by atoms with van der Waals surface area (Å²) in [4.78, 5) is 34.7. The van der Waals surface area contributed by atoms with Crippen LogP contribution < -0.4 is 5.69 Å². The molecule has 128 valence electrons. The Morgan fingerprint density at radius 2 is 2.17 bits per heavy atom. The van der Waals surface area contributed by atoms with Crippen LogP contribution in [-0.4, -0.2) is 37.0 Å². The lowest BCUT2D eigenvalue weighted by Crippen LogP contribution is -2.37. The summed E-state index contributed by atoms with van der Waals surface area (Å²) in [5, 5.41) is 3.91. The molecule has 0 saturated carbocycles. The minimum absolute atomic E-state index is 0.0246. The molecule has 2 aromatic heterocycles. The Balaban J connectivity index is 1.80. The molecule has 0 spiro atoms. The zero-order valence-corrected chi connectivity index (χ0v) is 14.2. The van der Waals surface area contributed by atoms with E-state index in [-0.39, 0.29) is 18.5 Å². The van der Waals surface area contributed by atoms with Gasteiger partial charge in [-0.3, -0.25) is 9.36 Å². The van der Waals surface area contributed by atoms with Gasteiger partial charge in [0.15, 0.2) is 5.82 Å². The number of likely N-dealkylation sites (tertiary alicyclic amines) is 1. The normalized spacial score (nSPS) is 17.5. The molecule has 1 atom stereocenters. The van der Waals surface area contributed by atoms with E-state index in [1.165, 1.54) is 4.57 Å². The first-order chi connectivity index (χ1) is 11.5. The number of carbonyl (C=O) groups is 1. The number of rotatable bonds is 4. The molecule has 0 N–H and O–H groups in total. The largest absolute Gasteiger partial charge is 0.348 e. The van der Waals surface area contributed by atoms with Crippen LogP contribution in [0.2, 0.25) is 0 Å². The van der Waals surface area contributed by atoms with E-state index in [1.54, 1.807) is 24.8 Å². The Bertz CT molecular complexity index is 810. The van der Waals surface area contributed by atoms with E-state index in [0.29, 0.717) is 30.4 Å². The highest BCUT2D eigenvalue weighted by Crippen LogP contribution is 2.31. The van der Waals surface area contributed by atoms with E-state index in [1.807, 2.05) is 6.92 Å². The van der Waals surface area contributed by atoms with Crippen molar-refractivity contribution < 1.29 is 9.32 Å². The molecule has 0 aliphatic carbocycles. The van der Waals surface area contributed by atoms with Gasteiger partial charge in [-0.25, -0.2) is 4.79 Å². The molecule has 0 bridgehead atoms. The Hall–Kier alpha value is -2.51. The molecule has 1 aliphatic heterocycles. The van der Waals surface area contributed by atoms with Crippen LogP contribution in [0, 0.1) is 13.8 Å². The Labute approximate surface area is 139 Å². The minimum atomic E-state index is -0.400. The van der Waals surface area contributed by atoms with Crippen molar-refractivity contribution in [1.29, 1.82) is 0 Å². The molecule has 1 aliphatic rings. The third-order valence-electron chi connectivity index (χ3n) is 4.30. The number of aromatic nitrogens is 4. The van der Waals surface area contributed by atoms with Crippen molar-refractivity contribution in [3.05, 3.63) is 39.7 Å². The molecule has 0 aromatic carbocycles. The molecule has 8 nitrogen and oxygen atoms in total. The number of carbonyl (C=O) groups excluding carboxylic acids is 1. The summed E-state index contributed by atoms with van der Waals surface area (Å²) in [7, 11) is 0. The molecular weight excluding hydrogens is 310 g/mol. The quantitative estimate of drug-likeness (QED) is 0.835. The summed E-state index contributed by atoms with van der Waals surface area (Å²) in [5.41, 5.74) is 0.975. The van der Waals surface area contributed by atoms with Gasteiger partial charge < -0.3 is 9.42 Å². The van der Waals surface area contributed by atoms with Gasteiger partial charge in [0.2, 0.25) is 11.8 Å². The topological polar surface area (TPSA) is 94.1 Å². The van der Waals surface area contributed by atoms with E-state index in [4.69, 9.17) is 4.52 Å². The van der Waals surface area contributed by atoms with E-state index < -0.39 is 5.69 Å². The number of aryl methyl sites for hydroxylation is 3. The second kappa shape index (κ2) is 6.54. The highest BCUT2D eigenvalue weighted by Gasteiger charge is 2.34. The first-order valence-electron chi connectivity index (χ1n) is 8.16. The number of hydrogen-bond donors (Lipinski definition) is 0. The van der Waals surface area contributed by atoms with E-state index in [9.17, 15) is 9.59 Å². The number of nitrogens with zero attached hydrogens (tertiary/aromatic N) is 5. The lowest BCUT2D eigenvalue weighted by atomic mass is 10.2. The van der Waals surface area contributed by atoms with Gasteiger partial charge in [-0.1, -0.05) is 12.1 Å². The molecular formula is C16H21N5O3. The van der Waals surface area contributed by atoms with E-state index >= 15 is 0 Å².